The van der Waals surface area contributed by atoms with Crippen LogP contribution in [0.25, 0.3) is 0 Å². The van der Waals surface area contributed by atoms with Gasteiger partial charge in [0.25, 0.3) is 0 Å². The number of nitrogens with one attached hydrogen (secondary N) is 1. The smallest absolute Gasteiger partial charge is 0.224 e. The lowest BCUT2D eigenvalue weighted by atomic mass is 10.1. The first-order chi connectivity index (χ1) is 9.97. The average Bonchev–Trinajstić information content (AvgIpc) is 3.05. The zero-order valence-corrected chi connectivity index (χ0v) is 12.9. The number of carbonyl (C=O) groups excluding carboxylic acids is 1. The van der Waals surface area contributed by atoms with E-state index in [1.165, 1.54) is 6.33 Å². The van der Waals surface area contributed by atoms with Gasteiger partial charge in [-0.2, -0.15) is 10.2 Å². The minimum absolute atomic E-state index is 0.0129. The van der Waals surface area contributed by atoms with Gasteiger partial charge in [-0.05, 0) is 26.8 Å². The van der Waals surface area contributed by atoms with E-state index in [1.54, 1.807) is 11.0 Å². The molecule has 2 rings (SSSR count). The number of nitrogens with zero attached hydrogens (tertiary/aromatic N) is 5. The molecule has 0 aliphatic carbocycles. The van der Waals surface area contributed by atoms with E-state index in [-0.39, 0.29) is 17.9 Å². The summed E-state index contributed by atoms with van der Waals surface area (Å²) in [7, 11) is 0. The fraction of sp³-hybridized carbons (Fsp3) is 0.571. The van der Waals surface area contributed by atoms with Crippen LogP contribution in [0.1, 0.15) is 31.3 Å². The third-order valence-electron chi connectivity index (χ3n) is 3.41. The van der Waals surface area contributed by atoms with E-state index in [0.29, 0.717) is 13.1 Å². The van der Waals surface area contributed by atoms with Crippen LogP contribution >= 0.6 is 0 Å². The maximum absolute atomic E-state index is 12.1. The molecule has 1 N–H and O–H groups in total. The molecule has 7 heteroatoms. The highest BCUT2D eigenvalue weighted by Gasteiger charge is 2.16. The maximum Gasteiger partial charge on any atom is 0.224 e. The van der Waals surface area contributed by atoms with Crippen LogP contribution in [0.2, 0.25) is 0 Å². The van der Waals surface area contributed by atoms with Gasteiger partial charge in [0.1, 0.15) is 12.7 Å². The highest BCUT2D eigenvalue weighted by atomic mass is 16.1. The van der Waals surface area contributed by atoms with Crippen LogP contribution in [-0.4, -0.2) is 37.0 Å². The van der Waals surface area contributed by atoms with Gasteiger partial charge >= 0.3 is 0 Å². The molecule has 0 bridgehead atoms. The normalized spacial score (nSPS) is 13.9. The Morgan fingerprint density at radius 3 is 2.71 bits per heavy atom. The summed E-state index contributed by atoms with van der Waals surface area (Å²) in [5.74, 6) is -0.141. The standard InChI is InChI=1S/C14H22N6O/c1-10(7-19-9-15-8-17-19)14(21)16-6-13(4)20-12(3)5-11(2)18-20/h5,8-10,13H,6-7H2,1-4H3,(H,16,21)/t10-,13+/m1/s1. The summed E-state index contributed by atoms with van der Waals surface area (Å²) >= 11 is 0. The van der Waals surface area contributed by atoms with Crippen molar-refractivity contribution in [2.45, 2.75) is 40.3 Å². The lowest BCUT2D eigenvalue weighted by molar-refractivity contribution is -0.125. The second-order valence-corrected chi connectivity index (χ2v) is 5.48. The SMILES string of the molecule is Cc1cc(C)n([C@@H](C)CNC(=O)[C@H](C)Cn2cncn2)n1. The zero-order chi connectivity index (χ0) is 15.4. The molecule has 21 heavy (non-hydrogen) atoms. The summed E-state index contributed by atoms with van der Waals surface area (Å²) in [6.07, 6.45) is 3.08. The van der Waals surface area contributed by atoms with Crippen molar-refractivity contribution < 1.29 is 4.79 Å². The Balaban J connectivity index is 1.84. The predicted molar refractivity (Wildman–Crippen MR) is 78.6 cm³/mol. The number of carbonyl (C=O) groups is 1. The van der Waals surface area contributed by atoms with Crippen LogP contribution in [0.3, 0.4) is 0 Å². The quantitative estimate of drug-likeness (QED) is 0.864. The number of rotatable bonds is 6. The fourth-order valence-corrected chi connectivity index (χ4v) is 2.29. The Bertz CT molecular complexity index is 589. The van der Waals surface area contributed by atoms with Gasteiger partial charge in [0.15, 0.2) is 0 Å². The Labute approximate surface area is 124 Å². The molecule has 0 saturated heterocycles. The van der Waals surface area contributed by atoms with Crippen LogP contribution in [0, 0.1) is 19.8 Å². The monoisotopic (exact) mass is 290 g/mol. The fourth-order valence-electron chi connectivity index (χ4n) is 2.29. The molecule has 0 aliphatic rings. The Hall–Kier alpha value is -2.18. The molecule has 0 spiro atoms. The molecule has 0 unspecified atom stereocenters. The molecule has 2 aromatic rings. The summed E-state index contributed by atoms with van der Waals surface area (Å²) < 4.78 is 3.60. The van der Waals surface area contributed by atoms with E-state index in [0.717, 1.165) is 11.4 Å². The first-order valence-electron chi connectivity index (χ1n) is 7.10. The van der Waals surface area contributed by atoms with E-state index in [4.69, 9.17) is 0 Å². The Kier molecular flexibility index (Phi) is 4.72. The van der Waals surface area contributed by atoms with Crippen LogP contribution in [0.4, 0.5) is 0 Å². The molecule has 2 aromatic heterocycles. The number of aromatic nitrogens is 5. The Morgan fingerprint density at radius 2 is 2.14 bits per heavy atom. The lowest BCUT2D eigenvalue weighted by Gasteiger charge is -2.17. The molecule has 114 valence electrons. The maximum atomic E-state index is 12.1. The average molecular weight is 290 g/mol. The Morgan fingerprint density at radius 1 is 1.38 bits per heavy atom. The molecule has 0 aliphatic heterocycles. The second kappa shape index (κ2) is 6.51. The first-order valence-corrected chi connectivity index (χ1v) is 7.10. The number of amides is 1. The van der Waals surface area contributed by atoms with Gasteiger partial charge in [-0.3, -0.25) is 14.2 Å². The van der Waals surface area contributed by atoms with Crippen molar-refractivity contribution in [3.63, 3.8) is 0 Å². The van der Waals surface area contributed by atoms with Crippen molar-refractivity contribution in [3.05, 3.63) is 30.1 Å². The molecule has 2 heterocycles. The topological polar surface area (TPSA) is 77.6 Å². The summed E-state index contributed by atoms with van der Waals surface area (Å²) in [4.78, 5) is 16.0. The lowest BCUT2D eigenvalue weighted by Crippen LogP contribution is -2.35. The molecule has 1 amide bonds. The largest absolute Gasteiger partial charge is 0.354 e. The molecular weight excluding hydrogens is 268 g/mol. The van der Waals surface area contributed by atoms with E-state index in [1.807, 2.05) is 38.4 Å². The molecule has 0 aromatic carbocycles. The van der Waals surface area contributed by atoms with Gasteiger partial charge in [0, 0.05) is 12.2 Å². The van der Waals surface area contributed by atoms with E-state index in [9.17, 15) is 4.79 Å². The van der Waals surface area contributed by atoms with Crippen molar-refractivity contribution in [2.24, 2.45) is 5.92 Å². The van der Waals surface area contributed by atoms with Crippen molar-refractivity contribution >= 4 is 5.91 Å². The van der Waals surface area contributed by atoms with Gasteiger partial charge < -0.3 is 5.32 Å². The minimum atomic E-state index is -0.153. The van der Waals surface area contributed by atoms with Crippen LogP contribution in [0.15, 0.2) is 18.7 Å². The van der Waals surface area contributed by atoms with E-state index < -0.39 is 0 Å². The molecule has 2 atom stereocenters. The van der Waals surface area contributed by atoms with Gasteiger partial charge in [-0.1, -0.05) is 6.92 Å². The van der Waals surface area contributed by atoms with Crippen molar-refractivity contribution in [1.82, 2.24) is 29.9 Å². The second-order valence-electron chi connectivity index (χ2n) is 5.48. The molecule has 0 fully saturated rings. The molecule has 7 nitrogen and oxygen atoms in total. The molecular formula is C14H22N6O. The summed E-state index contributed by atoms with van der Waals surface area (Å²) in [5, 5.41) is 11.4. The highest BCUT2D eigenvalue weighted by molar-refractivity contribution is 5.78. The first kappa shape index (κ1) is 15.2. The number of aryl methyl sites for hydroxylation is 2. The van der Waals surface area contributed by atoms with Crippen LogP contribution in [-0.2, 0) is 11.3 Å². The van der Waals surface area contributed by atoms with Crippen molar-refractivity contribution in [2.75, 3.05) is 6.54 Å². The number of hydrogen-bond acceptors (Lipinski definition) is 4. The van der Waals surface area contributed by atoms with E-state index in [2.05, 4.69) is 20.5 Å². The highest BCUT2D eigenvalue weighted by Crippen LogP contribution is 2.10. The van der Waals surface area contributed by atoms with Crippen LogP contribution < -0.4 is 5.32 Å². The van der Waals surface area contributed by atoms with Crippen LogP contribution in [0.5, 0.6) is 0 Å². The van der Waals surface area contributed by atoms with Gasteiger partial charge in [0.05, 0.1) is 24.2 Å². The van der Waals surface area contributed by atoms with Crippen molar-refractivity contribution in [1.29, 1.82) is 0 Å². The predicted octanol–water partition coefficient (Wildman–Crippen LogP) is 1.10. The number of hydrogen-bond donors (Lipinski definition) is 1. The third-order valence-corrected chi connectivity index (χ3v) is 3.41. The van der Waals surface area contributed by atoms with Gasteiger partial charge in [-0.15, -0.1) is 0 Å². The summed E-state index contributed by atoms with van der Waals surface area (Å²) in [5.41, 5.74) is 2.09. The minimum Gasteiger partial charge on any atom is -0.354 e. The third kappa shape index (κ3) is 3.90. The van der Waals surface area contributed by atoms with Crippen molar-refractivity contribution in [3.8, 4) is 0 Å². The van der Waals surface area contributed by atoms with Gasteiger partial charge in [0.2, 0.25) is 5.91 Å². The van der Waals surface area contributed by atoms with Gasteiger partial charge in [-0.25, -0.2) is 4.98 Å². The molecule has 0 radical (unpaired) electrons. The van der Waals surface area contributed by atoms with E-state index >= 15 is 0 Å². The summed E-state index contributed by atoms with van der Waals surface area (Å²) in [6, 6.07) is 2.16. The summed E-state index contributed by atoms with van der Waals surface area (Å²) in [6.45, 7) is 9.00. The molecule has 0 saturated carbocycles. The zero-order valence-electron chi connectivity index (χ0n) is 12.9.